The quantitative estimate of drug-likeness (QED) is 0.895. The molecule has 0 atom stereocenters. The van der Waals surface area contributed by atoms with Gasteiger partial charge in [0, 0.05) is 23.7 Å². The van der Waals surface area contributed by atoms with Crippen molar-refractivity contribution in [1.82, 2.24) is 9.97 Å². The first kappa shape index (κ1) is 12.7. The van der Waals surface area contributed by atoms with Crippen LogP contribution < -0.4 is 5.73 Å². The molecule has 2 N–H and O–H groups in total. The molecule has 0 radical (unpaired) electrons. The van der Waals surface area contributed by atoms with Crippen LogP contribution in [0.2, 0.25) is 0 Å². The zero-order valence-corrected chi connectivity index (χ0v) is 10.9. The summed E-state index contributed by atoms with van der Waals surface area (Å²) in [6.45, 7) is 4.04. The van der Waals surface area contributed by atoms with Crippen LogP contribution in [0.1, 0.15) is 26.1 Å². The van der Waals surface area contributed by atoms with Gasteiger partial charge in [-0.3, -0.25) is 0 Å². The Morgan fingerprint density at radius 2 is 1.83 bits per heavy atom. The van der Waals surface area contributed by atoms with Crippen molar-refractivity contribution in [1.29, 1.82) is 0 Å². The lowest BCUT2D eigenvalue weighted by atomic mass is 10.00. The second-order valence-electron chi connectivity index (χ2n) is 5.21. The van der Waals surface area contributed by atoms with Crippen molar-refractivity contribution in [3.05, 3.63) is 48.4 Å². The number of hydrogen-bond acceptors (Lipinski definition) is 3. The van der Waals surface area contributed by atoms with E-state index in [1.165, 1.54) is 0 Å². The highest BCUT2D eigenvalue weighted by Crippen LogP contribution is 2.16. The van der Waals surface area contributed by atoms with Crippen molar-refractivity contribution < 1.29 is 0 Å². The molecule has 1 aromatic heterocycles. The van der Waals surface area contributed by atoms with Crippen LogP contribution >= 0.6 is 0 Å². The fraction of sp³-hybridized carbons (Fsp3) is 0.333. The van der Waals surface area contributed by atoms with Gasteiger partial charge in [0.1, 0.15) is 5.82 Å². The topological polar surface area (TPSA) is 51.8 Å². The van der Waals surface area contributed by atoms with Gasteiger partial charge >= 0.3 is 0 Å². The molecule has 1 aromatic carbocycles. The highest BCUT2D eigenvalue weighted by molar-refractivity contribution is 5.58. The summed E-state index contributed by atoms with van der Waals surface area (Å²) in [6.07, 6.45) is 3.50. The smallest absolute Gasteiger partial charge is 0.129 e. The molecule has 2 aromatic rings. The molecule has 0 saturated heterocycles. The van der Waals surface area contributed by atoms with Crippen molar-refractivity contribution in [3.63, 3.8) is 0 Å². The lowest BCUT2D eigenvalue weighted by molar-refractivity contribution is 0.471. The molecule has 3 nitrogen and oxygen atoms in total. The van der Waals surface area contributed by atoms with Gasteiger partial charge in [-0.15, -0.1) is 0 Å². The van der Waals surface area contributed by atoms with Crippen LogP contribution in [0.5, 0.6) is 0 Å². The highest BCUT2D eigenvalue weighted by Gasteiger charge is 2.11. The molecule has 18 heavy (non-hydrogen) atoms. The minimum absolute atomic E-state index is 0.174. The average Bonchev–Trinajstić information content (AvgIpc) is 2.37. The molecular formula is C15H19N3. The van der Waals surface area contributed by atoms with E-state index in [0.29, 0.717) is 0 Å². The van der Waals surface area contributed by atoms with E-state index in [1.54, 1.807) is 0 Å². The van der Waals surface area contributed by atoms with E-state index < -0.39 is 0 Å². The molecule has 0 fully saturated rings. The summed E-state index contributed by atoms with van der Waals surface area (Å²) in [6, 6.07) is 12.1. The number of nitrogens with two attached hydrogens (primary N) is 1. The molecular weight excluding hydrogens is 222 g/mol. The Morgan fingerprint density at radius 1 is 1.11 bits per heavy atom. The molecule has 2 rings (SSSR count). The normalized spacial score (nSPS) is 11.5. The van der Waals surface area contributed by atoms with Crippen LogP contribution in [0, 0.1) is 0 Å². The summed E-state index contributed by atoms with van der Waals surface area (Å²) in [4.78, 5) is 8.88. The monoisotopic (exact) mass is 241 g/mol. The van der Waals surface area contributed by atoms with Gasteiger partial charge in [-0.1, -0.05) is 30.3 Å². The molecule has 0 amide bonds. The molecule has 0 saturated carbocycles. The lowest BCUT2D eigenvalue weighted by Crippen LogP contribution is -2.32. The van der Waals surface area contributed by atoms with Crippen LogP contribution in [0.3, 0.4) is 0 Å². The third-order valence-electron chi connectivity index (χ3n) is 2.77. The second kappa shape index (κ2) is 5.27. The van der Waals surface area contributed by atoms with E-state index in [4.69, 9.17) is 5.73 Å². The molecule has 0 unspecified atom stereocenters. The number of rotatable bonds is 4. The Labute approximate surface area is 108 Å². The van der Waals surface area contributed by atoms with E-state index in [0.717, 1.165) is 29.9 Å². The van der Waals surface area contributed by atoms with Crippen LogP contribution in [0.15, 0.2) is 42.6 Å². The minimum Gasteiger partial charge on any atom is -0.326 e. The predicted molar refractivity (Wildman–Crippen MR) is 74.1 cm³/mol. The fourth-order valence-corrected chi connectivity index (χ4v) is 1.72. The number of benzene rings is 1. The Balaban J connectivity index is 2.16. The number of aryl methyl sites for hydroxylation is 1. The van der Waals surface area contributed by atoms with E-state index in [1.807, 2.05) is 44.3 Å². The van der Waals surface area contributed by atoms with Crippen molar-refractivity contribution in [2.24, 2.45) is 5.73 Å². The first-order valence-corrected chi connectivity index (χ1v) is 6.21. The van der Waals surface area contributed by atoms with E-state index in [9.17, 15) is 0 Å². The largest absolute Gasteiger partial charge is 0.326 e. The van der Waals surface area contributed by atoms with Gasteiger partial charge in [-0.05, 0) is 26.3 Å². The number of hydrogen-bond donors (Lipinski definition) is 1. The predicted octanol–water partition coefficient (Wildman–Crippen LogP) is 2.81. The van der Waals surface area contributed by atoms with Gasteiger partial charge in [0.05, 0.1) is 5.69 Å². The maximum absolute atomic E-state index is 5.98. The van der Waals surface area contributed by atoms with Gasteiger partial charge in [-0.2, -0.15) is 0 Å². The molecule has 0 aliphatic heterocycles. The highest BCUT2D eigenvalue weighted by atomic mass is 14.9. The van der Waals surface area contributed by atoms with E-state index in [-0.39, 0.29) is 5.54 Å². The van der Waals surface area contributed by atoms with Gasteiger partial charge in [-0.25, -0.2) is 9.97 Å². The van der Waals surface area contributed by atoms with Gasteiger partial charge < -0.3 is 5.73 Å². The number of nitrogens with zero attached hydrogens (tertiary/aromatic N) is 2. The third-order valence-corrected chi connectivity index (χ3v) is 2.77. The maximum Gasteiger partial charge on any atom is 0.129 e. The SMILES string of the molecule is CC(C)(N)CCc1nccc(-c2ccccc2)n1. The van der Waals surface area contributed by atoms with Crippen molar-refractivity contribution >= 4 is 0 Å². The zero-order chi connectivity index (χ0) is 13.0. The van der Waals surface area contributed by atoms with Gasteiger partial charge in [0.15, 0.2) is 0 Å². The Morgan fingerprint density at radius 3 is 2.50 bits per heavy atom. The lowest BCUT2D eigenvalue weighted by Gasteiger charge is -2.17. The zero-order valence-electron chi connectivity index (χ0n) is 10.9. The van der Waals surface area contributed by atoms with Crippen LogP contribution in [0.25, 0.3) is 11.3 Å². The standard InChI is InChI=1S/C15H19N3/c1-15(2,16)10-8-14-17-11-9-13(18-14)12-6-4-3-5-7-12/h3-7,9,11H,8,10,16H2,1-2H3. The van der Waals surface area contributed by atoms with Gasteiger partial charge in [0.25, 0.3) is 0 Å². The van der Waals surface area contributed by atoms with Crippen molar-refractivity contribution in [2.75, 3.05) is 0 Å². The molecule has 1 heterocycles. The summed E-state index contributed by atoms with van der Waals surface area (Å²) < 4.78 is 0. The Kier molecular flexibility index (Phi) is 3.72. The fourth-order valence-electron chi connectivity index (χ4n) is 1.72. The minimum atomic E-state index is -0.174. The first-order chi connectivity index (χ1) is 8.54. The molecule has 0 aliphatic carbocycles. The molecule has 3 heteroatoms. The van der Waals surface area contributed by atoms with Crippen LogP contribution in [-0.2, 0) is 6.42 Å². The number of aromatic nitrogens is 2. The average molecular weight is 241 g/mol. The summed E-state index contributed by atoms with van der Waals surface area (Å²) in [5.74, 6) is 0.856. The van der Waals surface area contributed by atoms with Gasteiger partial charge in [0.2, 0.25) is 0 Å². The maximum atomic E-state index is 5.98. The van der Waals surface area contributed by atoms with Crippen LogP contribution in [-0.4, -0.2) is 15.5 Å². The molecule has 94 valence electrons. The third kappa shape index (κ3) is 3.64. The first-order valence-electron chi connectivity index (χ1n) is 6.21. The molecule has 0 spiro atoms. The van der Waals surface area contributed by atoms with E-state index in [2.05, 4.69) is 22.1 Å². The summed E-state index contributed by atoms with van der Waals surface area (Å²) >= 11 is 0. The summed E-state index contributed by atoms with van der Waals surface area (Å²) in [7, 11) is 0. The summed E-state index contributed by atoms with van der Waals surface area (Å²) in [5.41, 5.74) is 7.89. The molecule has 0 aliphatic rings. The Hall–Kier alpha value is -1.74. The van der Waals surface area contributed by atoms with Crippen LogP contribution in [0.4, 0.5) is 0 Å². The van der Waals surface area contributed by atoms with Crippen molar-refractivity contribution in [3.8, 4) is 11.3 Å². The van der Waals surface area contributed by atoms with Crippen molar-refractivity contribution in [2.45, 2.75) is 32.2 Å². The summed E-state index contributed by atoms with van der Waals surface area (Å²) in [5, 5.41) is 0. The van der Waals surface area contributed by atoms with E-state index >= 15 is 0 Å². The Bertz CT molecular complexity index is 501. The molecule has 0 bridgehead atoms. The second-order valence-corrected chi connectivity index (χ2v) is 5.21.